The van der Waals surface area contributed by atoms with Crippen LogP contribution in [0.2, 0.25) is 0 Å². The van der Waals surface area contributed by atoms with Crippen LogP contribution in [0.5, 0.6) is 0 Å². The first kappa shape index (κ1) is 12.5. The summed E-state index contributed by atoms with van der Waals surface area (Å²) in [5, 5.41) is 0. The molecule has 0 heterocycles. The quantitative estimate of drug-likeness (QED) is 0.589. The Morgan fingerprint density at radius 3 is 2.78 bits per heavy atom. The Morgan fingerprint density at radius 2 is 2.00 bits per heavy atom. The van der Waals surface area contributed by atoms with Crippen LogP contribution < -0.4 is 0 Å². The van der Waals surface area contributed by atoms with E-state index in [1.54, 1.807) is 0 Å². The van der Waals surface area contributed by atoms with Crippen molar-refractivity contribution < 1.29 is 0 Å². The molecule has 0 aliphatic heterocycles. The van der Waals surface area contributed by atoms with Crippen LogP contribution in [0.25, 0.3) is 0 Å². The Morgan fingerprint density at radius 1 is 1.17 bits per heavy atom. The standard InChI is InChI=1S/C18H19/c1-3-8-16-11-15(4-2)12-17-9-6-5-7-10-18(13-16)14-17/h3-10,12-13H,2,11,14H2,1H3/q+1/b7-5-,8-3-,15-12-,16-13-,17-9-,18-10-. The monoisotopic (exact) mass is 235 g/mol. The van der Waals surface area contributed by atoms with Crippen molar-refractivity contribution in [2.45, 2.75) is 19.8 Å². The third-order valence-electron chi connectivity index (χ3n) is 3.04. The molecule has 2 aliphatic rings. The molecule has 0 spiro atoms. The van der Waals surface area contributed by atoms with Crippen molar-refractivity contribution >= 4 is 0 Å². The third-order valence-corrected chi connectivity index (χ3v) is 3.04. The summed E-state index contributed by atoms with van der Waals surface area (Å²) >= 11 is 0. The van der Waals surface area contributed by atoms with Crippen molar-refractivity contribution in [3.05, 3.63) is 90.0 Å². The highest BCUT2D eigenvalue weighted by atomic mass is 14.1. The summed E-state index contributed by atoms with van der Waals surface area (Å²) in [6, 6.07) is 0. The highest BCUT2D eigenvalue weighted by Crippen LogP contribution is 2.26. The lowest BCUT2D eigenvalue weighted by molar-refractivity contribution is 1.11. The molecule has 0 aromatic rings. The first-order chi connectivity index (χ1) is 8.81. The van der Waals surface area contributed by atoms with E-state index < -0.39 is 0 Å². The molecular formula is C18H19+. The molecule has 0 aromatic heterocycles. The predicted octanol–water partition coefficient (Wildman–Crippen LogP) is 5.02. The fourth-order valence-corrected chi connectivity index (χ4v) is 2.24. The van der Waals surface area contributed by atoms with Crippen LogP contribution in [0.4, 0.5) is 0 Å². The highest BCUT2D eigenvalue weighted by Gasteiger charge is 2.11. The van der Waals surface area contributed by atoms with Crippen LogP contribution in [-0.4, -0.2) is 0 Å². The molecule has 0 amide bonds. The van der Waals surface area contributed by atoms with Gasteiger partial charge in [-0.25, -0.2) is 0 Å². The zero-order chi connectivity index (χ0) is 12.8. The van der Waals surface area contributed by atoms with E-state index in [9.17, 15) is 0 Å². The zero-order valence-electron chi connectivity index (χ0n) is 10.9. The normalized spacial score (nSPS) is 32.7. The first-order valence-corrected chi connectivity index (χ1v) is 6.38. The molecule has 0 nitrogen and oxygen atoms in total. The molecule has 2 rings (SSSR count). The Labute approximate surface area is 110 Å². The van der Waals surface area contributed by atoms with Crippen molar-refractivity contribution in [2.75, 3.05) is 0 Å². The fourth-order valence-electron chi connectivity index (χ4n) is 2.24. The predicted molar refractivity (Wildman–Crippen MR) is 80.0 cm³/mol. The maximum atomic E-state index is 3.91. The maximum absolute atomic E-state index is 3.91. The SMILES string of the molecule is C=C/C1=C/C2=C/[CH+]\C=C/C=C(/C=C(/C=C\C)C1)C2. The van der Waals surface area contributed by atoms with Gasteiger partial charge in [0.2, 0.25) is 0 Å². The summed E-state index contributed by atoms with van der Waals surface area (Å²) in [4.78, 5) is 0. The molecule has 90 valence electrons. The van der Waals surface area contributed by atoms with E-state index in [0.29, 0.717) is 0 Å². The highest BCUT2D eigenvalue weighted by molar-refractivity contribution is 5.47. The van der Waals surface area contributed by atoms with E-state index >= 15 is 0 Å². The van der Waals surface area contributed by atoms with E-state index in [-0.39, 0.29) is 0 Å². The maximum Gasteiger partial charge on any atom is 0.0500 e. The summed E-state index contributed by atoms with van der Waals surface area (Å²) in [5.74, 6) is 0. The lowest BCUT2D eigenvalue weighted by atomic mass is 9.91. The van der Waals surface area contributed by atoms with Crippen LogP contribution in [0, 0.1) is 6.42 Å². The first-order valence-electron chi connectivity index (χ1n) is 6.38. The van der Waals surface area contributed by atoms with Crippen molar-refractivity contribution in [3.63, 3.8) is 0 Å². The smallest absolute Gasteiger partial charge is 0.0500 e. The second-order valence-electron chi connectivity index (χ2n) is 4.56. The lowest BCUT2D eigenvalue weighted by Crippen LogP contribution is -1.95. The molecule has 0 fully saturated rings. The summed E-state index contributed by atoms with van der Waals surface area (Å²) in [5.41, 5.74) is 5.32. The van der Waals surface area contributed by atoms with Crippen molar-refractivity contribution in [2.24, 2.45) is 0 Å². The number of fused-ring (bicyclic) bond motifs is 2. The molecular weight excluding hydrogens is 216 g/mol. The van der Waals surface area contributed by atoms with Gasteiger partial charge in [0.15, 0.2) is 0 Å². The van der Waals surface area contributed by atoms with Gasteiger partial charge in [-0.3, -0.25) is 0 Å². The lowest BCUT2D eigenvalue weighted by Gasteiger charge is -2.11. The van der Waals surface area contributed by atoms with Crippen LogP contribution in [0.1, 0.15) is 19.8 Å². The van der Waals surface area contributed by atoms with Crippen molar-refractivity contribution in [1.82, 2.24) is 0 Å². The van der Waals surface area contributed by atoms with Crippen LogP contribution in [0.3, 0.4) is 0 Å². The van der Waals surface area contributed by atoms with Crippen LogP contribution >= 0.6 is 0 Å². The molecule has 0 aromatic carbocycles. The largest absolute Gasteiger partial charge is 0.0987 e. The van der Waals surface area contributed by atoms with Gasteiger partial charge in [0.1, 0.15) is 0 Å². The van der Waals surface area contributed by atoms with Gasteiger partial charge in [0.05, 0.1) is 0 Å². The fraction of sp³-hybridized carbons (Fsp3) is 0.167. The Kier molecular flexibility index (Phi) is 4.25. The van der Waals surface area contributed by atoms with Gasteiger partial charge in [-0.1, -0.05) is 30.9 Å². The average molecular weight is 235 g/mol. The van der Waals surface area contributed by atoms with Gasteiger partial charge in [0, 0.05) is 42.7 Å². The number of hydrogen-bond donors (Lipinski definition) is 0. The van der Waals surface area contributed by atoms with Gasteiger partial charge in [-0.2, -0.15) is 0 Å². The van der Waals surface area contributed by atoms with E-state index in [1.165, 1.54) is 22.3 Å². The van der Waals surface area contributed by atoms with Crippen LogP contribution in [0.15, 0.2) is 83.6 Å². The summed E-state index contributed by atoms with van der Waals surface area (Å²) < 4.78 is 0. The Balaban J connectivity index is 2.45. The molecule has 0 atom stereocenters. The number of allylic oxidation sites excluding steroid dienone is 13. The van der Waals surface area contributed by atoms with Gasteiger partial charge in [-0.15, -0.1) is 0 Å². The molecule has 0 heteroatoms. The molecule has 0 radical (unpaired) electrons. The van der Waals surface area contributed by atoms with E-state index in [0.717, 1.165) is 12.8 Å². The van der Waals surface area contributed by atoms with Gasteiger partial charge in [0.25, 0.3) is 0 Å². The van der Waals surface area contributed by atoms with E-state index in [4.69, 9.17) is 0 Å². The van der Waals surface area contributed by atoms with Crippen molar-refractivity contribution in [3.8, 4) is 0 Å². The second-order valence-corrected chi connectivity index (χ2v) is 4.56. The third kappa shape index (κ3) is 3.27. The molecule has 18 heavy (non-hydrogen) atoms. The summed E-state index contributed by atoms with van der Waals surface area (Å²) in [6.45, 7) is 5.97. The molecule has 2 aliphatic carbocycles. The summed E-state index contributed by atoms with van der Waals surface area (Å²) in [6.07, 6.45) is 23.4. The zero-order valence-corrected chi connectivity index (χ0v) is 10.9. The summed E-state index contributed by atoms with van der Waals surface area (Å²) in [7, 11) is 0. The molecule has 0 saturated carbocycles. The second kappa shape index (κ2) is 6.11. The molecule has 0 N–H and O–H groups in total. The minimum absolute atomic E-state index is 0.951. The molecule has 0 unspecified atom stereocenters. The van der Waals surface area contributed by atoms with E-state index in [2.05, 4.69) is 68.5 Å². The number of hydrogen-bond acceptors (Lipinski definition) is 0. The minimum atomic E-state index is 0.951. The van der Waals surface area contributed by atoms with E-state index in [1.807, 2.05) is 6.08 Å². The molecule has 0 saturated heterocycles. The van der Waals surface area contributed by atoms with Gasteiger partial charge in [-0.05, 0) is 36.1 Å². The van der Waals surface area contributed by atoms with Gasteiger partial charge >= 0.3 is 0 Å². The Hall–Kier alpha value is -1.95. The van der Waals surface area contributed by atoms with Crippen LogP contribution in [-0.2, 0) is 0 Å². The molecule has 2 bridgehead atoms. The average Bonchev–Trinajstić information content (AvgIpc) is 2.30. The van der Waals surface area contributed by atoms with Crippen molar-refractivity contribution in [1.29, 1.82) is 0 Å². The number of rotatable bonds is 2. The topological polar surface area (TPSA) is 0 Å². The van der Waals surface area contributed by atoms with Gasteiger partial charge < -0.3 is 0 Å². The minimum Gasteiger partial charge on any atom is -0.0987 e. The Bertz CT molecular complexity index is 502.